The summed E-state index contributed by atoms with van der Waals surface area (Å²) in [4.78, 5) is 15.8. The number of hydrogen-bond acceptors (Lipinski definition) is 3. The zero-order chi connectivity index (χ0) is 16.2. The fourth-order valence-electron chi connectivity index (χ4n) is 2.68. The van der Waals surface area contributed by atoms with Gasteiger partial charge in [-0.05, 0) is 58.4 Å². The second kappa shape index (κ2) is 7.55. The number of carbonyl (C=O) groups excluding carboxylic acids is 1. The van der Waals surface area contributed by atoms with E-state index in [0.717, 1.165) is 24.3 Å². The molecule has 1 saturated heterocycles. The first-order valence-electron chi connectivity index (χ1n) is 7.52. The summed E-state index contributed by atoms with van der Waals surface area (Å²) < 4.78 is 19.4. The third-order valence-corrected chi connectivity index (χ3v) is 5.34. The van der Waals surface area contributed by atoms with E-state index in [4.69, 9.17) is 4.74 Å². The quantitative estimate of drug-likeness (QED) is 0.744. The van der Waals surface area contributed by atoms with Gasteiger partial charge >= 0.3 is 0 Å². The van der Waals surface area contributed by atoms with Gasteiger partial charge in [-0.3, -0.25) is 4.79 Å². The monoisotopic (exact) mass is 397 g/mol. The van der Waals surface area contributed by atoms with Crippen LogP contribution in [0.3, 0.4) is 0 Å². The molecule has 122 valence electrons. The number of thiophene rings is 1. The molecule has 1 aliphatic heterocycles. The maximum Gasteiger partial charge on any atom is 0.255 e. The Morgan fingerprint density at radius 3 is 2.96 bits per heavy atom. The molecule has 2 aromatic rings. The summed E-state index contributed by atoms with van der Waals surface area (Å²) in [6, 6.07) is 8.15. The number of amides is 1. The standard InChI is InChI=1S/C17H17BrFNO2S/c18-16-9-12(19)5-6-15(16)17(21)20(10-13-3-1-7-22-13)11-14-4-2-8-23-14/h2,4-6,8-9,13H,1,3,7,10-11H2. The first-order chi connectivity index (χ1) is 11.1. The number of ether oxygens (including phenoxy) is 1. The maximum atomic E-state index is 13.3. The molecule has 3 nitrogen and oxygen atoms in total. The Morgan fingerprint density at radius 2 is 2.30 bits per heavy atom. The summed E-state index contributed by atoms with van der Waals surface area (Å²) in [5.41, 5.74) is 0.473. The summed E-state index contributed by atoms with van der Waals surface area (Å²) in [7, 11) is 0. The molecule has 1 unspecified atom stereocenters. The Morgan fingerprint density at radius 1 is 1.43 bits per heavy atom. The van der Waals surface area contributed by atoms with Crippen LogP contribution >= 0.6 is 27.3 Å². The Hall–Kier alpha value is -1.24. The highest BCUT2D eigenvalue weighted by molar-refractivity contribution is 9.10. The topological polar surface area (TPSA) is 29.5 Å². The molecule has 0 N–H and O–H groups in total. The lowest BCUT2D eigenvalue weighted by atomic mass is 10.1. The fourth-order valence-corrected chi connectivity index (χ4v) is 3.92. The Kier molecular flexibility index (Phi) is 5.46. The average molecular weight is 398 g/mol. The molecule has 0 bridgehead atoms. The van der Waals surface area contributed by atoms with Gasteiger partial charge in [0.2, 0.25) is 0 Å². The lowest BCUT2D eigenvalue weighted by molar-refractivity contribution is 0.0509. The molecular weight excluding hydrogens is 381 g/mol. The number of rotatable bonds is 5. The van der Waals surface area contributed by atoms with Crippen molar-refractivity contribution >= 4 is 33.2 Å². The molecule has 0 aliphatic carbocycles. The zero-order valence-corrected chi connectivity index (χ0v) is 14.9. The first kappa shape index (κ1) is 16.6. The Bertz CT molecular complexity index is 671. The van der Waals surface area contributed by atoms with Crippen LogP contribution in [0.5, 0.6) is 0 Å². The largest absolute Gasteiger partial charge is 0.376 e. The van der Waals surface area contributed by atoms with Gasteiger partial charge in [0.1, 0.15) is 5.82 Å². The second-order valence-corrected chi connectivity index (χ2v) is 7.41. The van der Waals surface area contributed by atoms with Crippen molar-refractivity contribution in [1.82, 2.24) is 4.90 Å². The van der Waals surface area contributed by atoms with Crippen LogP contribution in [0.2, 0.25) is 0 Å². The van der Waals surface area contributed by atoms with Crippen LogP contribution in [-0.4, -0.2) is 30.1 Å². The highest BCUT2D eigenvalue weighted by Gasteiger charge is 2.25. The summed E-state index contributed by atoms with van der Waals surface area (Å²) in [6.45, 7) is 1.85. The van der Waals surface area contributed by atoms with E-state index in [9.17, 15) is 9.18 Å². The third-order valence-electron chi connectivity index (χ3n) is 3.82. The molecular formula is C17H17BrFNO2S. The maximum absolute atomic E-state index is 13.3. The molecule has 1 fully saturated rings. The van der Waals surface area contributed by atoms with Crippen LogP contribution < -0.4 is 0 Å². The van der Waals surface area contributed by atoms with Crippen molar-refractivity contribution in [3.8, 4) is 0 Å². The third kappa shape index (κ3) is 4.19. The fraction of sp³-hybridized carbons (Fsp3) is 0.353. The molecule has 1 aromatic carbocycles. The van der Waals surface area contributed by atoms with Gasteiger partial charge in [-0.2, -0.15) is 0 Å². The van der Waals surface area contributed by atoms with Gasteiger partial charge in [-0.1, -0.05) is 6.07 Å². The summed E-state index contributed by atoms with van der Waals surface area (Å²) >= 11 is 4.91. The minimum absolute atomic E-state index is 0.0816. The number of nitrogens with zero attached hydrogens (tertiary/aromatic N) is 1. The zero-order valence-electron chi connectivity index (χ0n) is 12.5. The molecule has 3 rings (SSSR count). The molecule has 2 heterocycles. The van der Waals surface area contributed by atoms with Gasteiger partial charge in [-0.25, -0.2) is 4.39 Å². The lowest BCUT2D eigenvalue weighted by Crippen LogP contribution is -2.37. The summed E-state index contributed by atoms with van der Waals surface area (Å²) in [5, 5.41) is 2.00. The van der Waals surface area contributed by atoms with Crippen LogP contribution in [0, 0.1) is 5.82 Å². The van der Waals surface area contributed by atoms with Crippen molar-refractivity contribution in [2.45, 2.75) is 25.5 Å². The molecule has 23 heavy (non-hydrogen) atoms. The van der Waals surface area contributed by atoms with Gasteiger partial charge in [0, 0.05) is 22.5 Å². The molecule has 6 heteroatoms. The highest BCUT2D eigenvalue weighted by Crippen LogP contribution is 2.23. The predicted octanol–water partition coefficient (Wildman–Crippen LogP) is 4.47. The molecule has 1 atom stereocenters. The van der Waals surface area contributed by atoms with Gasteiger partial charge in [0.05, 0.1) is 18.2 Å². The van der Waals surface area contributed by atoms with Crippen molar-refractivity contribution < 1.29 is 13.9 Å². The van der Waals surface area contributed by atoms with Gasteiger partial charge < -0.3 is 9.64 Å². The highest BCUT2D eigenvalue weighted by atomic mass is 79.9. The molecule has 0 radical (unpaired) electrons. The lowest BCUT2D eigenvalue weighted by Gasteiger charge is -2.25. The number of carbonyl (C=O) groups is 1. The van der Waals surface area contributed by atoms with Crippen molar-refractivity contribution in [2.75, 3.05) is 13.2 Å². The molecule has 0 spiro atoms. The SMILES string of the molecule is O=C(c1ccc(F)cc1Br)N(Cc1cccs1)CC1CCCO1. The number of benzene rings is 1. The minimum Gasteiger partial charge on any atom is -0.376 e. The summed E-state index contributed by atoms with van der Waals surface area (Å²) in [6.07, 6.45) is 2.09. The van der Waals surface area contributed by atoms with Crippen molar-refractivity contribution in [3.05, 3.63) is 56.4 Å². The molecule has 0 saturated carbocycles. The molecule has 1 aliphatic rings. The molecule has 1 aromatic heterocycles. The van der Waals surface area contributed by atoms with E-state index in [1.807, 2.05) is 17.5 Å². The van der Waals surface area contributed by atoms with Crippen molar-refractivity contribution in [3.63, 3.8) is 0 Å². The smallest absolute Gasteiger partial charge is 0.255 e. The van der Waals surface area contributed by atoms with E-state index in [1.165, 1.54) is 18.2 Å². The second-order valence-electron chi connectivity index (χ2n) is 5.52. The Balaban J connectivity index is 1.81. The van der Waals surface area contributed by atoms with Crippen molar-refractivity contribution in [2.24, 2.45) is 0 Å². The van der Waals surface area contributed by atoms with Crippen LogP contribution in [0.15, 0.2) is 40.2 Å². The summed E-state index contributed by atoms with van der Waals surface area (Å²) in [5.74, 6) is -0.474. The van der Waals surface area contributed by atoms with E-state index in [0.29, 0.717) is 23.1 Å². The van der Waals surface area contributed by atoms with Crippen LogP contribution in [0.25, 0.3) is 0 Å². The van der Waals surface area contributed by atoms with E-state index >= 15 is 0 Å². The van der Waals surface area contributed by atoms with Crippen molar-refractivity contribution in [1.29, 1.82) is 0 Å². The van der Waals surface area contributed by atoms with Gasteiger partial charge in [0.15, 0.2) is 0 Å². The van der Waals surface area contributed by atoms with Crippen LogP contribution in [0.1, 0.15) is 28.1 Å². The predicted molar refractivity (Wildman–Crippen MR) is 92.1 cm³/mol. The van der Waals surface area contributed by atoms with E-state index in [-0.39, 0.29) is 17.8 Å². The van der Waals surface area contributed by atoms with Crippen LogP contribution in [-0.2, 0) is 11.3 Å². The normalized spacial score (nSPS) is 17.4. The van der Waals surface area contributed by atoms with Gasteiger partial charge in [0.25, 0.3) is 5.91 Å². The average Bonchev–Trinajstić information content (AvgIpc) is 3.19. The minimum atomic E-state index is -0.364. The van der Waals surface area contributed by atoms with E-state index < -0.39 is 0 Å². The Labute approximate surface area is 147 Å². The van der Waals surface area contributed by atoms with E-state index in [2.05, 4.69) is 15.9 Å². The number of hydrogen-bond donors (Lipinski definition) is 0. The van der Waals surface area contributed by atoms with E-state index in [1.54, 1.807) is 16.2 Å². The first-order valence-corrected chi connectivity index (χ1v) is 9.19. The van der Waals surface area contributed by atoms with Crippen LogP contribution in [0.4, 0.5) is 4.39 Å². The number of halogens is 2. The van der Waals surface area contributed by atoms with Gasteiger partial charge in [-0.15, -0.1) is 11.3 Å². The molecule has 1 amide bonds.